The average molecular weight is 333 g/mol. The minimum atomic E-state index is -1.35. The number of hydrogen-bond acceptors (Lipinski definition) is 4. The van der Waals surface area contributed by atoms with Crippen LogP contribution in [0.15, 0.2) is 22.7 Å². The molecule has 1 atom stereocenters. The van der Waals surface area contributed by atoms with E-state index >= 15 is 0 Å². The summed E-state index contributed by atoms with van der Waals surface area (Å²) >= 11 is 3.26. The molecule has 1 aromatic carbocycles. The maximum Gasteiger partial charge on any atom is 0.328 e. The van der Waals surface area contributed by atoms with E-state index in [-0.39, 0.29) is 0 Å². The number of carbonyl (C=O) groups is 2. The quantitative estimate of drug-likeness (QED) is 0.644. The van der Waals surface area contributed by atoms with Gasteiger partial charge in [0.05, 0.1) is 18.2 Å². The van der Waals surface area contributed by atoms with Gasteiger partial charge in [-0.05, 0) is 28.1 Å². The highest BCUT2D eigenvalue weighted by Gasteiger charge is 2.18. The first-order chi connectivity index (χ1) is 8.97. The van der Waals surface area contributed by atoms with Crippen molar-refractivity contribution in [2.75, 3.05) is 19.0 Å². The molecule has 0 radical (unpaired) electrons. The second-order valence-electron chi connectivity index (χ2n) is 3.52. The summed E-state index contributed by atoms with van der Waals surface area (Å²) in [5.74, 6) is -0.791. The molecule has 0 heterocycles. The summed E-state index contributed by atoms with van der Waals surface area (Å²) in [4.78, 5) is 22.2. The topological polar surface area (TPSA) is 108 Å². The molecule has 4 N–H and O–H groups in total. The SMILES string of the molecule is COc1cc(NC(=O)NC(CO)C(=O)O)ccc1Br. The van der Waals surface area contributed by atoms with E-state index in [4.69, 9.17) is 14.9 Å². The fourth-order valence-electron chi connectivity index (χ4n) is 1.25. The molecule has 0 saturated heterocycles. The monoisotopic (exact) mass is 332 g/mol. The molecule has 0 spiro atoms. The fraction of sp³-hybridized carbons (Fsp3) is 0.273. The second-order valence-corrected chi connectivity index (χ2v) is 4.38. The number of halogens is 1. The Morgan fingerprint density at radius 2 is 2.16 bits per heavy atom. The van der Waals surface area contributed by atoms with Gasteiger partial charge >= 0.3 is 12.0 Å². The highest BCUT2D eigenvalue weighted by Crippen LogP contribution is 2.27. The Morgan fingerprint density at radius 3 is 2.68 bits per heavy atom. The van der Waals surface area contributed by atoms with Crippen LogP contribution in [0.1, 0.15) is 0 Å². The molecule has 0 aromatic heterocycles. The molecule has 2 amide bonds. The van der Waals surface area contributed by atoms with Crippen molar-refractivity contribution in [2.45, 2.75) is 6.04 Å². The Kier molecular flexibility index (Phi) is 5.58. The van der Waals surface area contributed by atoms with Gasteiger partial charge in [-0.3, -0.25) is 0 Å². The molecule has 104 valence electrons. The first-order valence-corrected chi connectivity index (χ1v) is 6.02. The van der Waals surface area contributed by atoms with Crippen LogP contribution in [0.5, 0.6) is 5.75 Å². The van der Waals surface area contributed by atoms with Crippen LogP contribution in [0.2, 0.25) is 0 Å². The molecule has 0 bridgehead atoms. The molecule has 0 aliphatic carbocycles. The standard InChI is InChI=1S/C11H13BrN2O5/c1-19-9-4-6(2-3-7(9)12)13-11(18)14-8(5-15)10(16)17/h2-4,8,15H,5H2,1H3,(H,16,17)(H2,13,14,18). The number of aliphatic hydroxyl groups excluding tert-OH is 1. The number of carboxylic acids is 1. The maximum absolute atomic E-state index is 11.5. The van der Waals surface area contributed by atoms with Crippen LogP contribution in [0.25, 0.3) is 0 Å². The number of hydrogen-bond donors (Lipinski definition) is 4. The van der Waals surface area contributed by atoms with Crippen molar-refractivity contribution in [1.82, 2.24) is 5.32 Å². The third-order valence-electron chi connectivity index (χ3n) is 2.19. The number of nitrogens with one attached hydrogen (secondary N) is 2. The van der Waals surface area contributed by atoms with E-state index in [1.54, 1.807) is 18.2 Å². The summed E-state index contributed by atoms with van der Waals surface area (Å²) in [6.45, 7) is -0.688. The fourth-order valence-corrected chi connectivity index (χ4v) is 1.66. The van der Waals surface area contributed by atoms with Crippen molar-refractivity contribution < 1.29 is 24.5 Å². The van der Waals surface area contributed by atoms with Crippen molar-refractivity contribution in [3.8, 4) is 5.75 Å². The van der Waals surface area contributed by atoms with Gasteiger partial charge in [0, 0.05) is 11.8 Å². The van der Waals surface area contributed by atoms with Gasteiger partial charge < -0.3 is 25.6 Å². The highest BCUT2D eigenvalue weighted by atomic mass is 79.9. The number of urea groups is 1. The third-order valence-corrected chi connectivity index (χ3v) is 2.85. The first-order valence-electron chi connectivity index (χ1n) is 5.22. The van der Waals surface area contributed by atoms with E-state index in [0.29, 0.717) is 11.4 Å². The molecule has 1 unspecified atom stereocenters. The Hall–Kier alpha value is -1.80. The number of benzene rings is 1. The van der Waals surface area contributed by atoms with Crippen molar-refractivity contribution in [3.05, 3.63) is 22.7 Å². The zero-order valence-corrected chi connectivity index (χ0v) is 11.6. The van der Waals surface area contributed by atoms with E-state index in [9.17, 15) is 9.59 Å². The van der Waals surface area contributed by atoms with Gasteiger partial charge in [-0.25, -0.2) is 9.59 Å². The number of rotatable bonds is 5. The highest BCUT2D eigenvalue weighted by molar-refractivity contribution is 9.10. The molecule has 0 fully saturated rings. The van der Waals surface area contributed by atoms with Gasteiger partial charge in [-0.1, -0.05) is 0 Å². The lowest BCUT2D eigenvalue weighted by Crippen LogP contribution is -2.45. The summed E-state index contributed by atoms with van der Waals surface area (Å²) in [6.07, 6.45) is 0. The van der Waals surface area contributed by atoms with Crippen LogP contribution in [0.4, 0.5) is 10.5 Å². The summed E-state index contributed by atoms with van der Waals surface area (Å²) in [5.41, 5.74) is 0.430. The molecule has 0 aliphatic rings. The maximum atomic E-state index is 11.5. The van der Waals surface area contributed by atoms with Crippen LogP contribution in [0.3, 0.4) is 0 Å². The normalized spacial score (nSPS) is 11.5. The van der Waals surface area contributed by atoms with Crippen molar-refractivity contribution >= 4 is 33.6 Å². The minimum absolute atomic E-state index is 0.430. The Balaban J connectivity index is 2.69. The van der Waals surface area contributed by atoms with Crippen LogP contribution < -0.4 is 15.4 Å². The van der Waals surface area contributed by atoms with Gasteiger partial charge in [0.25, 0.3) is 0 Å². The summed E-state index contributed by atoms with van der Waals surface area (Å²) in [6, 6.07) is 2.78. The van der Waals surface area contributed by atoms with Gasteiger partial charge in [0.15, 0.2) is 6.04 Å². The van der Waals surface area contributed by atoms with Crippen molar-refractivity contribution in [2.24, 2.45) is 0 Å². The van der Waals surface area contributed by atoms with E-state index in [1.165, 1.54) is 7.11 Å². The Bertz CT molecular complexity index is 480. The zero-order chi connectivity index (χ0) is 14.4. The number of amides is 2. The molecule has 7 nitrogen and oxygen atoms in total. The van der Waals surface area contributed by atoms with E-state index in [1.807, 2.05) is 0 Å². The summed E-state index contributed by atoms with van der Waals surface area (Å²) < 4.78 is 5.78. The zero-order valence-electron chi connectivity index (χ0n) is 10.0. The molecular formula is C11H13BrN2O5. The Labute approximate surface area is 117 Å². The number of methoxy groups -OCH3 is 1. The van der Waals surface area contributed by atoms with E-state index in [2.05, 4.69) is 26.6 Å². The van der Waals surface area contributed by atoms with Crippen LogP contribution in [0, 0.1) is 0 Å². The molecule has 0 saturated carbocycles. The first kappa shape index (κ1) is 15.3. The Morgan fingerprint density at radius 1 is 1.47 bits per heavy atom. The van der Waals surface area contributed by atoms with Crippen molar-refractivity contribution in [3.63, 3.8) is 0 Å². The van der Waals surface area contributed by atoms with Gasteiger partial charge in [0.2, 0.25) is 0 Å². The van der Waals surface area contributed by atoms with Crippen LogP contribution >= 0.6 is 15.9 Å². The molecule has 19 heavy (non-hydrogen) atoms. The number of aliphatic carboxylic acids is 1. The van der Waals surface area contributed by atoms with E-state index < -0.39 is 24.6 Å². The second kappa shape index (κ2) is 6.95. The third kappa shape index (κ3) is 4.42. The summed E-state index contributed by atoms with van der Waals surface area (Å²) in [7, 11) is 1.48. The van der Waals surface area contributed by atoms with Crippen LogP contribution in [-0.2, 0) is 4.79 Å². The number of carbonyl (C=O) groups excluding carboxylic acids is 1. The predicted molar refractivity (Wildman–Crippen MR) is 71.4 cm³/mol. The van der Waals surface area contributed by atoms with Gasteiger partial charge in [-0.2, -0.15) is 0 Å². The number of carboxylic acid groups (broad SMARTS) is 1. The molecular weight excluding hydrogens is 320 g/mol. The lowest BCUT2D eigenvalue weighted by molar-refractivity contribution is -0.140. The largest absolute Gasteiger partial charge is 0.495 e. The smallest absolute Gasteiger partial charge is 0.328 e. The molecule has 8 heteroatoms. The average Bonchev–Trinajstić information content (AvgIpc) is 2.37. The lowest BCUT2D eigenvalue weighted by Gasteiger charge is -2.13. The lowest BCUT2D eigenvalue weighted by atomic mass is 10.3. The van der Waals surface area contributed by atoms with E-state index in [0.717, 1.165) is 4.47 Å². The number of ether oxygens (including phenoxy) is 1. The molecule has 0 aliphatic heterocycles. The minimum Gasteiger partial charge on any atom is -0.495 e. The molecule has 1 aromatic rings. The summed E-state index contributed by atoms with van der Waals surface area (Å²) in [5, 5.41) is 22.0. The van der Waals surface area contributed by atoms with Crippen molar-refractivity contribution in [1.29, 1.82) is 0 Å². The predicted octanol–water partition coefficient (Wildman–Crippen LogP) is 1.02. The van der Waals surface area contributed by atoms with Gasteiger partial charge in [-0.15, -0.1) is 0 Å². The number of anilines is 1. The van der Waals surface area contributed by atoms with Crippen LogP contribution in [-0.4, -0.2) is 42.0 Å². The van der Waals surface area contributed by atoms with Gasteiger partial charge in [0.1, 0.15) is 5.75 Å². The number of aliphatic hydroxyl groups is 1. The molecule has 1 rings (SSSR count).